The largest absolute Gasteiger partial charge is 0.288 e. The Kier molecular flexibility index (Phi) is 3.45. The van der Waals surface area contributed by atoms with Crippen molar-refractivity contribution < 1.29 is 0 Å². The molecule has 1 aliphatic heterocycles. The molecule has 2 nitrogen and oxygen atoms in total. The van der Waals surface area contributed by atoms with Gasteiger partial charge in [0.25, 0.3) is 0 Å². The van der Waals surface area contributed by atoms with Crippen molar-refractivity contribution in [2.75, 3.05) is 0 Å². The first kappa shape index (κ1) is 13.9. The molecular formula is C19H20N2S. The lowest BCUT2D eigenvalue weighted by molar-refractivity contribution is 0.584. The molecule has 0 bridgehead atoms. The van der Waals surface area contributed by atoms with E-state index in [-0.39, 0.29) is 4.87 Å². The SMILES string of the molecule is CC1(C2=CC3=CCCCC3C=C2)NN=C(c2ccccc2)S1. The maximum Gasteiger partial charge on any atom is 0.128 e. The van der Waals surface area contributed by atoms with Crippen LogP contribution in [0.3, 0.4) is 0 Å². The summed E-state index contributed by atoms with van der Waals surface area (Å²) in [6.07, 6.45) is 13.2. The van der Waals surface area contributed by atoms with Crippen LogP contribution >= 0.6 is 11.8 Å². The van der Waals surface area contributed by atoms with Gasteiger partial charge in [-0.15, -0.1) is 0 Å². The molecule has 1 N–H and O–H groups in total. The van der Waals surface area contributed by atoms with E-state index in [0.29, 0.717) is 5.92 Å². The smallest absolute Gasteiger partial charge is 0.128 e. The van der Waals surface area contributed by atoms with Crippen LogP contribution in [0.4, 0.5) is 0 Å². The molecule has 2 aliphatic carbocycles. The van der Waals surface area contributed by atoms with Gasteiger partial charge < -0.3 is 0 Å². The molecule has 3 heteroatoms. The van der Waals surface area contributed by atoms with Crippen molar-refractivity contribution >= 4 is 16.8 Å². The van der Waals surface area contributed by atoms with E-state index in [2.05, 4.69) is 66.0 Å². The number of nitrogens with zero attached hydrogens (tertiary/aromatic N) is 1. The molecule has 1 aromatic carbocycles. The number of hydrogen-bond acceptors (Lipinski definition) is 3. The van der Waals surface area contributed by atoms with Gasteiger partial charge in [0.05, 0.1) is 0 Å². The van der Waals surface area contributed by atoms with E-state index in [0.717, 1.165) is 5.04 Å². The van der Waals surface area contributed by atoms with Gasteiger partial charge in [0, 0.05) is 11.5 Å². The average molecular weight is 308 g/mol. The van der Waals surface area contributed by atoms with Gasteiger partial charge in [-0.1, -0.05) is 66.4 Å². The maximum atomic E-state index is 4.57. The van der Waals surface area contributed by atoms with Crippen molar-refractivity contribution in [1.82, 2.24) is 5.43 Å². The Bertz CT molecular complexity index is 699. The van der Waals surface area contributed by atoms with Gasteiger partial charge in [0.2, 0.25) is 0 Å². The molecule has 0 fully saturated rings. The highest BCUT2D eigenvalue weighted by atomic mass is 32.2. The molecule has 4 rings (SSSR count). The van der Waals surface area contributed by atoms with Crippen LogP contribution in [0, 0.1) is 5.92 Å². The summed E-state index contributed by atoms with van der Waals surface area (Å²) >= 11 is 1.80. The zero-order valence-electron chi connectivity index (χ0n) is 12.8. The van der Waals surface area contributed by atoms with E-state index in [1.54, 1.807) is 11.8 Å². The second kappa shape index (κ2) is 5.47. The van der Waals surface area contributed by atoms with Crippen LogP contribution in [-0.4, -0.2) is 9.91 Å². The number of fused-ring (bicyclic) bond motifs is 1. The zero-order valence-corrected chi connectivity index (χ0v) is 13.6. The third-order valence-corrected chi connectivity index (χ3v) is 5.86. The monoisotopic (exact) mass is 308 g/mol. The fraction of sp³-hybridized carbons (Fsp3) is 0.316. The van der Waals surface area contributed by atoms with Crippen LogP contribution in [0.2, 0.25) is 0 Å². The Morgan fingerprint density at radius 2 is 2.14 bits per heavy atom. The molecule has 1 aromatic rings. The molecule has 2 atom stereocenters. The molecule has 0 saturated heterocycles. The van der Waals surface area contributed by atoms with Crippen molar-refractivity contribution in [2.45, 2.75) is 31.1 Å². The molecule has 2 unspecified atom stereocenters. The second-order valence-electron chi connectivity index (χ2n) is 6.23. The molecule has 0 spiro atoms. The van der Waals surface area contributed by atoms with E-state index in [9.17, 15) is 0 Å². The van der Waals surface area contributed by atoms with Crippen molar-refractivity contribution in [3.8, 4) is 0 Å². The Morgan fingerprint density at radius 1 is 1.27 bits per heavy atom. The zero-order chi connectivity index (χ0) is 15.0. The van der Waals surface area contributed by atoms with Crippen LogP contribution in [0.1, 0.15) is 31.7 Å². The van der Waals surface area contributed by atoms with E-state index < -0.39 is 0 Å². The normalized spacial score (nSPS) is 30.0. The molecular weight excluding hydrogens is 288 g/mol. The second-order valence-corrected chi connectivity index (χ2v) is 7.64. The first-order chi connectivity index (χ1) is 10.7. The Hall–Kier alpha value is -1.74. The first-order valence-corrected chi connectivity index (χ1v) is 8.76. The predicted molar refractivity (Wildman–Crippen MR) is 94.8 cm³/mol. The minimum Gasteiger partial charge on any atom is -0.288 e. The number of rotatable bonds is 2. The lowest BCUT2D eigenvalue weighted by Gasteiger charge is -2.30. The van der Waals surface area contributed by atoms with Crippen LogP contribution in [0.25, 0.3) is 0 Å². The minimum absolute atomic E-state index is 0.176. The Labute approximate surface area is 136 Å². The highest BCUT2D eigenvalue weighted by molar-refractivity contribution is 8.16. The third kappa shape index (κ3) is 2.44. The summed E-state index contributed by atoms with van der Waals surface area (Å²) in [5.41, 5.74) is 7.33. The van der Waals surface area contributed by atoms with E-state index in [1.165, 1.54) is 36.0 Å². The van der Waals surface area contributed by atoms with Gasteiger partial charge in [0.15, 0.2) is 0 Å². The lowest BCUT2D eigenvalue weighted by Crippen LogP contribution is -2.34. The predicted octanol–water partition coefficient (Wildman–Crippen LogP) is 4.62. The molecule has 0 aromatic heterocycles. The number of hydrogen-bond donors (Lipinski definition) is 1. The minimum atomic E-state index is -0.176. The van der Waals surface area contributed by atoms with E-state index >= 15 is 0 Å². The first-order valence-electron chi connectivity index (χ1n) is 7.94. The van der Waals surface area contributed by atoms with Crippen molar-refractivity contribution in [3.63, 3.8) is 0 Å². The average Bonchev–Trinajstić information content (AvgIpc) is 2.99. The van der Waals surface area contributed by atoms with Gasteiger partial charge in [-0.25, -0.2) is 0 Å². The molecule has 0 radical (unpaired) electrons. The number of nitrogens with one attached hydrogen (secondary N) is 1. The summed E-state index contributed by atoms with van der Waals surface area (Å²) in [6.45, 7) is 2.22. The van der Waals surface area contributed by atoms with E-state index in [4.69, 9.17) is 0 Å². The number of benzene rings is 1. The summed E-state index contributed by atoms with van der Waals surface area (Å²) in [7, 11) is 0. The molecule has 22 heavy (non-hydrogen) atoms. The topological polar surface area (TPSA) is 24.4 Å². The van der Waals surface area contributed by atoms with E-state index in [1.807, 2.05) is 6.07 Å². The third-order valence-electron chi connectivity index (χ3n) is 4.60. The Morgan fingerprint density at radius 3 is 3.00 bits per heavy atom. The summed E-state index contributed by atoms with van der Waals surface area (Å²) < 4.78 is 0. The fourth-order valence-corrected chi connectivity index (χ4v) is 4.33. The molecule has 0 amide bonds. The van der Waals surface area contributed by atoms with Crippen molar-refractivity contribution in [3.05, 3.63) is 71.3 Å². The summed E-state index contributed by atoms with van der Waals surface area (Å²) in [6, 6.07) is 10.4. The van der Waals surface area contributed by atoms with Gasteiger partial charge in [0.1, 0.15) is 9.91 Å². The van der Waals surface area contributed by atoms with Crippen molar-refractivity contribution in [2.24, 2.45) is 11.0 Å². The van der Waals surface area contributed by atoms with Gasteiger partial charge >= 0.3 is 0 Å². The van der Waals surface area contributed by atoms with Crippen LogP contribution in [0.5, 0.6) is 0 Å². The number of thioether (sulfide) groups is 1. The summed E-state index contributed by atoms with van der Waals surface area (Å²) in [5, 5.41) is 5.64. The lowest BCUT2D eigenvalue weighted by atomic mass is 9.82. The van der Waals surface area contributed by atoms with Crippen LogP contribution < -0.4 is 5.43 Å². The molecule has 3 aliphatic rings. The summed E-state index contributed by atoms with van der Waals surface area (Å²) in [5.74, 6) is 0.627. The quantitative estimate of drug-likeness (QED) is 0.862. The van der Waals surface area contributed by atoms with Gasteiger partial charge in [-0.3, -0.25) is 5.43 Å². The molecule has 1 heterocycles. The molecule has 0 saturated carbocycles. The van der Waals surface area contributed by atoms with Crippen molar-refractivity contribution in [1.29, 1.82) is 0 Å². The maximum absolute atomic E-state index is 4.57. The van der Waals surface area contributed by atoms with Crippen LogP contribution in [-0.2, 0) is 0 Å². The number of hydrazone groups is 1. The molecule has 112 valence electrons. The highest BCUT2D eigenvalue weighted by Crippen LogP contribution is 2.42. The highest BCUT2D eigenvalue weighted by Gasteiger charge is 2.36. The summed E-state index contributed by atoms with van der Waals surface area (Å²) in [4.78, 5) is -0.176. The number of allylic oxidation sites excluding steroid dienone is 4. The standard InChI is InChI=1S/C19H20N2S/c1-19(17-12-11-14-7-5-6-10-16(14)13-17)21-20-18(22-19)15-8-3-2-4-9-15/h2-4,8-14,21H,5-7H2,1H3. The van der Waals surface area contributed by atoms with Crippen LogP contribution in [0.15, 0.2) is 70.9 Å². The van der Waals surface area contributed by atoms with Gasteiger partial charge in [-0.2, -0.15) is 5.10 Å². The Balaban J connectivity index is 1.58. The fourth-order valence-electron chi connectivity index (χ4n) is 3.27. The van der Waals surface area contributed by atoms with Gasteiger partial charge in [-0.05, 0) is 37.3 Å².